The Kier molecular flexibility index (Phi) is 90.2. The maximum atomic E-state index is 14.0. The molecule has 0 bridgehead atoms. The summed E-state index contributed by atoms with van der Waals surface area (Å²) in [7, 11) is -9.64. The first-order valence-electron chi connectivity index (χ1n) is 52.4. The highest BCUT2D eigenvalue weighted by Crippen LogP contribution is 2.44. The molecule has 0 aromatic rings. The molecular weight excluding hydrogens is 1700 g/mol. The molecule has 3 amide bonds. The van der Waals surface area contributed by atoms with Gasteiger partial charge in [-0.15, -0.1) is 0 Å². The Morgan fingerprint density at radius 1 is 0.308 bits per heavy atom. The summed E-state index contributed by atoms with van der Waals surface area (Å²) in [6, 6.07) is -1.84. The second kappa shape index (κ2) is 92.9. The third-order valence-corrected chi connectivity index (χ3v) is 24.8. The van der Waals surface area contributed by atoms with Crippen LogP contribution in [0.4, 0.5) is 0 Å². The minimum absolute atomic E-state index is 0.0883. The van der Waals surface area contributed by atoms with Gasteiger partial charge in [0, 0.05) is 58.0 Å². The highest BCUT2D eigenvalue weighted by atomic mass is 31.2. The van der Waals surface area contributed by atoms with E-state index in [0.29, 0.717) is 83.5 Å². The van der Waals surface area contributed by atoms with Crippen molar-refractivity contribution in [3.05, 3.63) is 48.6 Å². The van der Waals surface area contributed by atoms with Gasteiger partial charge in [-0.3, -0.25) is 47.4 Å². The van der Waals surface area contributed by atoms with Crippen molar-refractivity contribution in [3.8, 4) is 0 Å². The molecular formula is C102H194N4O22P2. The SMILES string of the molecule is CCCCCC/C=C\CCCC(=O)OC(CCCCCCC)CCOCC(COP(=O)(O)OCCNC(=O)CCC(=O)NCCOP(=O)(O)OCC(COCCC(CCCCCCC)OC(=O)CCC/C=C\CCCCCC)NC(O)C[C@@H](CCCCCCC)OC(O)CCC/C=C\CCCCCC)NC(=O)C[C@@H](CCCCCCC)OC(O)CCC/C=C\CCCCCC. The van der Waals surface area contributed by atoms with Crippen LogP contribution in [0.1, 0.15) is 453 Å². The number of aliphatic hydroxyl groups is 3. The van der Waals surface area contributed by atoms with E-state index in [4.69, 9.17) is 46.5 Å². The van der Waals surface area contributed by atoms with Gasteiger partial charge in [-0.25, -0.2) is 9.13 Å². The molecule has 0 heterocycles. The summed E-state index contributed by atoms with van der Waals surface area (Å²) in [4.78, 5) is 88.3. The number of hydrogen-bond acceptors (Lipinski definition) is 21. The number of phosphoric ester groups is 2. The molecule has 26 nitrogen and oxygen atoms in total. The summed E-state index contributed by atoms with van der Waals surface area (Å²) in [5.74, 6) is -2.13. The number of aliphatic hydroxyl groups excluding tert-OH is 3. The van der Waals surface area contributed by atoms with Gasteiger partial charge in [0.1, 0.15) is 18.4 Å². The Morgan fingerprint density at radius 3 is 0.985 bits per heavy atom. The van der Waals surface area contributed by atoms with Crippen molar-refractivity contribution in [2.24, 2.45) is 0 Å². The van der Waals surface area contributed by atoms with Gasteiger partial charge in [-0.2, -0.15) is 0 Å². The van der Waals surface area contributed by atoms with E-state index in [1.807, 2.05) is 0 Å². The lowest BCUT2D eigenvalue weighted by molar-refractivity contribution is -0.152. The normalized spacial score (nSPS) is 15.1. The molecule has 9 N–H and O–H groups in total. The molecule has 0 saturated heterocycles. The van der Waals surface area contributed by atoms with Crippen LogP contribution in [-0.4, -0.2) is 176 Å². The first kappa shape index (κ1) is 126. The highest BCUT2D eigenvalue weighted by Gasteiger charge is 2.30. The van der Waals surface area contributed by atoms with E-state index in [1.54, 1.807) is 0 Å². The van der Waals surface area contributed by atoms with Gasteiger partial charge in [0.25, 0.3) is 0 Å². The fourth-order valence-electron chi connectivity index (χ4n) is 15.0. The fraction of sp³-hybridized carbons (Fsp3) is 0.873. The van der Waals surface area contributed by atoms with Crippen molar-refractivity contribution in [1.29, 1.82) is 0 Å². The van der Waals surface area contributed by atoms with Crippen molar-refractivity contribution in [1.82, 2.24) is 21.3 Å². The number of hydrogen-bond donors (Lipinski definition) is 9. The van der Waals surface area contributed by atoms with Gasteiger partial charge in [-0.05, 0) is 154 Å². The van der Waals surface area contributed by atoms with Crippen LogP contribution in [0.5, 0.6) is 0 Å². The summed E-state index contributed by atoms with van der Waals surface area (Å²) in [5.41, 5.74) is 0. The largest absolute Gasteiger partial charge is 0.472 e. The van der Waals surface area contributed by atoms with E-state index in [0.717, 1.165) is 212 Å². The number of rotatable bonds is 100. The topological polar surface area (TPSA) is 361 Å². The van der Waals surface area contributed by atoms with Crippen molar-refractivity contribution in [2.45, 2.75) is 509 Å². The first-order chi connectivity index (χ1) is 63.1. The number of carbonyl (C=O) groups is 5. The maximum Gasteiger partial charge on any atom is 0.472 e. The van der Waals surface area contributed by atoms with E-state index >= 15 is 0 Å². The predicted molar refractivity (Wildman–Crippen MR) is 526 cm³/mol. The Labute approximate surface area is 790 Å². The molecule has 0 aliphatic carbocycles. The van der Waals surface area contributed by atoms with Crippen molar-refractivity contribution >= 4 is 45.3 Å². The molecule has 130 heavy (non-hydrogen) atoms. The molecule has 764 valence electrons. The number of nitrogens with one attached hydrogen (secondary N) is 4. The molecule has 0 aliphatic rings. The van der Waals surface area contributed by atoms with Gasteiger partial charge in [0.05, 0.1) is 83.6 Å². The van der Waals surface area contributed by atoms with Crippen LogP contribution in [0.2, 0.25) is 0 Å². The van der Waals surface area contributed by atoms with Gasteiger partial charge in [0.15, 0.2) is 12.6 Å². The highest BCUT2D eigenvalue weighted by molar-refractivity contribution is 7.47. The quantitative estimate of drug-likeness (QED) is 0.00898. The van der Waals surface area contributed by atoms with E-state index < -0.39 is 109 Å². The molecule has 0 fully saturated rings. The molecule has 28 heteroatoms. The summed E-state index contributed by atoms with van der Waals surface area (Å²) in [6.07, 6.45) is 65.9. The molecule has 9 unspecified atom stereocenters. The van der Waals surface area contributed by atoms with Crippen LogP contribution in [-0.2, 0) is 79.6 Å². The number of unbranched alkanes of at least 4 members (excludes halogenated alkanes) is 36. The number of allylic oxidation sites excluding steroid dienone is 8. The standard InChI is InChI=1S/C102H194N4O22P2/c1-9-17-25-33-37-41-45-53-61-69-99(111)125-91(65-57-49-29-21-13-5)75-79-119-85-89(105-97(109)83-93(67-59-51-31-23-15-7)127-101(113)71-63-55-47-43-39-35-27-19-11-3)87-123-129(115,116)121-81-77-103-95(107)73-74-96(108)104-78-82-122-130(117,118)124-88-90(86-120-80-76-92(66-58-50-30-22-14-6)126-100(112)70-62-54-46-42-38-34-26-18-10-2)106-98(110)84-94(68-60-52-32-24-16-8)128-102(114)72-64-56-48-44-40-36-28-20-12-4/h41-48,89-94,97,101-102,105,109,113-114H,9-40,49-88H2,1-8H3,(H,103,107)(H,104,108)(H,106,110)(H,115,116)(H,117,118)/b45-41-,46-42-,47-43-,48-44-/t89?,90?,91?,92?,93-,94-,97?,101?,102?/m1/s1. The van der Waals surface area contributed by atoms with E-state index in [-0.39, 0.29) is 83.2 Å². The zero-order valence-corrected chi connectivity index (χ0v) is 85.1. The Morgan fingerprint density at radius 2 is 0.615 bits per heavy atom. The molecule has 0 aliphatic heterocycles. The number of ether oxygens (including phenoxy) is 6. The third kappa shape index (κ3) is 87.0. The monoisotopic (exact) mass is 1890 g/mol. The Hall–Kier alpha value is -3.79. The first-order valence-corrected chi connectivity index (χ1v) is 55.4. The van der Waals surface area contributed by atoms with Crippen LogP contribution in [0.3, 0.4) is 0 Å². The van der Waals surface area contributed by atoms with Crippen LogP contribution in [0.15, 0.2) is 48.6 Å². The van der Waals surface area contributed by atoms with E-state index in [9.17, 15) is 58.2 Å². The summed E-state index contributed by atoms with van der Waals surface area (Å²) >= 11 is 0. The average Bonchev–Trinajstić information content (AvgIpc) is 0.905. The molecule has 0 rings (SSSR count). The minimum atomic E-state index is -4.83. The van der Waals surface area contributed by atoms with Crippen molar-refractivity contribution in [2.75, 3.05) is 65.9 Å². The third-order valence-electron chi connectivity index (χ3n) is 22.8. The van der Waals surface area contributed by atoms with Crippen LogP contribution >= 0.6 is 15.6 Å². The molecule has 0 saturated carbocycles. The maximum absolute atomic E-state index is 14.0. The minimum Gasteiger partial charge on any atom is -0.462 e. The summed E-state index contributed by atoms with van der Waals surface area (Å²) in [6.45, 7) is 15.1. The van der Waals surface area contributed by atoms with Gasteiger partial charge in [-0.1, -0.05) is 297 Å². The zero-order chi connectivity index (χ0) is 95.6. The van der Waals surface area contributed by atoms with Crippen molar-refractivity contribution < 1.29 is 105 Å². The Bertz CT molecular complexity index is 2830. The smallest absolute Gasteiger partial charge is 0.462 e. The molecule has 0 radical (unpaired) electrons. The Balaban J connectivity index is 6.22. The second-order valence-corrected chi connectivity index (χ2v) is 38.5. The summed E-state index contributed by atoms with van der Waals surface area (Å²) < 4.78 is 85.3. The lowest BCUT2D eigenvalue weighted by Gasteiger charge is -2.28. The number of carbonyl (C=O) groups excluding carboxylic acids is 5. The van der Waals surface area contributed by atoms with Crippen LogP contribution in [0, 0.1) is 0 Å². The summed E-state index contributed by atoms with van der Waals surface area (Å²) in [5, 5.41) is 45.0. The molecule has 11 atom stereocenters. The number of esters is 2. The van der Waals surface area contributed by atoms with Gasteiger partial charge >= 0.3 is 27.6 Å². The lowest BCUT2D eigenvalue weighted by Crippen LogP contribution is -2.45. The number of phosphoric acid groups is 2. The van der Waals surface area contributed by atoms with E-state index in [2.05, 4.69) is 125 Å². The second-order valence-electron chi connectivity index (χ2n) is 35.6. The predicted octanol–water partition coefficient (Wildman–Crippen LogP) is 24.1. The van der Waals surface area contributed by atoms with Gasteiger partial charge < -0.3 is 69.5 Å². The lowest BCUT2D eigenvalue weighted by atomic mass is 10.0. The van der Waals surface area contributed by atoms with Crippen molar-refractivity contribution in [3.63, 3.8) is 0 Å². The molecule has 0 aromatic heterocycles. The molecule has 0 aromatic carbocycles. The van der Waals surface area contributed by atoms with E-state index in [1.165, 1.54) is 77.0 Å². The van der Waals surface area contributed by atoms with Crippen LogP contribution in [0.25, 0.3) is 0 Å². The molecule has 0 spiro atoms. The zero-order valence-electron chi connectivity index (χ0n) is 83.3. The number of amides is 3. The van der Waals surface area contributed by atoms with Crippen LogP contribution < -0.4 is 21.3 Å². The average molecular weight is 1890 g/mol. The fourth-order valence-corrected chi connectivity index (χ4v) is 16.5. The van der Waals surface area contributed by atoms with Gasteiger partial charge in [0.2, 0.25) is 17.7 Å².